The molecule has 0 radical (unpaired) electrons. The number of carbonyl (C=O) groups excluding carboxylic acids is 1. The summed E-state index contributed by atoms with van der Waals surface area (Å²) in [5.74, 6) is 0.488. The van der Waals surface area contributed by atoms with Crippen LogP contribution >= 0.6 is 11.3 Å². The van der Waals surface area contributed by atoms with Crippen LogP contribution in [0.15, 0.2) is 47.3 Å². The summed E-state index contributed by atoms with van der Waals surface area (Å²) < 4.78 is 0. The summed E-state index contributed by atoms with van der Waals surface area (Å²) >= 11 is 1.54. The maximum atomic E-state index is 11.9. The Morgan fingerprint density at radius 2 is 2.05 bits per heavy atom. The number of amides is 1. The van der Waals surface area contributed by atoms with Gasteiger partial charge < -0.3 is 10.6 Å². The molecule has 2 N–H and O–H groups in total. The average molecular weight is 308 g/mol. The molecule has 0 bridgehead atoms. The minimum absolute atomic E-state index is 0.0363. The Bertz CT molecular complexity index is 844. The molecule has 6 heteroatoms. The van der Waals surface area contributed by atoms with Crippen molar-refractivity contribution in [3.63, 3.8) is 0 Å². The Morgan fingerprint density at radius 1 is 1.18 bits per heavy atom. The van der Waals surface area contributed by atoms with Crippen LogP contribution < -0.4 is 10.6 Å². The molecule has 5 nitrogen and oxygen atoms in total. The number of nitrogens with zero attached hydrogens (tertiary/aromatic N) is 2. The van der Waals surface area contributed by atoms with Crippen molar-refractivity contribution in [3.8, 4) is 11.3 Å². The maximum absolute atomic E-state index is 11.9. The zero-order chi connectivity index (χ0) is 14.9. The topological polar surface area (TPSA) is 66.9 Å². The van der Waals surface area contributed by atoms with Crippen molar-refractivity contribution in [2.24, 2.45) is 0 Å². The SMILES string of the molecule is O=C1Cc2cnc(Nc3ccccc3)nc2-c2cscc2N1. The van der Waals surface area contributed by atoms with E-state index >= 15 is 0 Å². The highest BCUT2D eigenvalue weighted by atomic mass is 32.1. The van der Waals surface area contributed by atoms with Gasteiger partial charge in [-0.15, -0.1) is 11.3 Å². The Balaban J connectivity index is 1.77. The van der Waals surface area contributed by atoms with E-state index in [0.717, 1.165) is 28.2 Å². The molecule has 0 saturated heterocycles. The highest BCUT2D eigenvalue weighted by Crippen LogP contribution is 2.35. The minimum atomic E-state index is -0.0363. The van der Waals surface area contributed by atoms with Gasteiger partial charge >= 0.3 is 0 Å². The van der Waals surface area contributed by atoms with E-state index in [4.69, 9.17) is 0 Å². The molecule has 1 amide bonds. The summed E-state index contributed by atoms with van der Waals surface area (Å²) in [6.07, 6.45) is 2.01. The van der Waals surface area contributed by atoms with E-state index in [-0.39, 0.29) is 5.91 Å². The van der Waals surface area contributed by atoms with E-state index in [1.165, 1.54) is 0 Å². The summed E-state index contributed by atoms with van der Waals surface area (Å²) in [6, 6.07) is 9.76. The van der Waals surface area contributed by atoms with E-state index in [9.17, 15) is 4.79 Å². The van der Waals surface area contributed by atoms with Crippen LogP contribution in [-0.2, 0) is 11.2 Å². The summed E-state index contributed by atoms with van der Waals surface area (Å²) in [5, 5.41) is 10.0. The van der Waals surface area contributed by atoms with Crippen LogP contribution in [0.2, 0.25) is 0 Å². The molecule has 0 saturated carbocycles. The standard InChI is InChI=1S/C16H12N4OS/c21-14-6-10-7-17-16(18-11-4-2-1-3-5-11)20-15(10)12-8-22-9-13(12)19-14/h1-5,7-9H,6H2,(H,19,21)(H,17,18,20). The first kappa shape index (κ1) is 13.0. The molecule has 0 spiro atoms. The Labute approximate surface area is 131 Å². The number of aromatic nitrogens is 2. The fourth-order valence-corrected chi connectivity index (χ4v) is 3.19. The number of hydrogen-bond donors (Lipinski definition) is 2. The van der Waals surface area contributed by atoms with Gasteiger partial charge in [0.1, 0.15) is 0 Å². The van der Waals surface area contributed by atoms with Crippen molar-refractivity contribution in [1.82, 2.24) is 9.97 Å². The van der Waals surface area contributed by atoms with Gasteiger partial charge in [0.05, 0.1) is 17.8 Å². The van der Waals surface area contributed by atoms with E-state index < -0.39 is 0 Å². The number of anilines is 3. The van der Waals surface area contributed by atoms with Crippen LogP contribution in [0.1, 0.15) is 5.56 Å². The predicted octanol–water partition coefficient (Wildman–Crippen LogP) is 3.44. The number of rotatable bonds is 2. The first-order valence-electron chi connectivity index (χ1n) is 6.84. The van der Waals surface area contributed by atoms with Crippen LogP contribution in [0.5, 0.6) is 0 Å². The molecular formula is C16H12N4OS. The van der Waals surface area contributed by atoms with Gasteiger partial charge in [0.15, 0.2) is 0 Å². The Kier molecular flexibility index (Phi) is 3.08. The van der Waals surface area contributed by atoms with Gasteiger partial charge in [0.2, 0.25) is 11.9 Å². The van der Waals surface area contributed by atoms with Crippen molar-refractivity contribution in [1.29, 1.82) is 0 Å². The number of thiophene rings is 1. The third-order valence-electron chi connectivity index (χ3n) is 3.44. The number of fused-ring (bicyclic) bond motifs is 3. The molecule has 1 aromatic carbocycles. The van der Waals surface area contributed by atoms with Gasteiger partial charge in [-0.2, -0.15) is 0 Å². The fraction of sp³-hybridized carbons (Fsp3) is 0.0625. The largest absolute Gasteiger partial charge is 0.324 e. The Morgan fingerprint density at radius 3 is 2.91 bits per heavy atom. The summed E-state index contributed by atoms with van der Waals surface area (Å²) in [4.78, 5) is 20.8. The van der Waals surface area contributed by atoms with E-state index in [1.54, 1.807) is 17.5 Å². The van der Waals surface area contributed by atoms with E-state index in [1.807, 2.05) is 41.1 Å². The lowest BCUT2D eigenvalue weighted by molar-refractivity contribution is -0.115. The normalized spacial score (nSPS) is 12.8. The summed E-state index contributed by atoms with van der Waals surface area (Å²) in [7, 11) is 0. The zero-order valence-corrected chi connectivity index (χ0v) is 12.4. The fourth-order valence-electron chi connectivity index (χ4n) is 2.42. The highest BCUT2D eigenvalue weighted by Gasteiger charge is 2.21. The van der Waals surface area contributed by atoms with Gasteiger partial charge in [-0.05, 0) is 12.1 Å². The molecule has 0 fully saturated rings. The maximum Gasteiger partial charge on any atom is 0.228 e. The van der Waals surface area contributed by atoms with Crippen molar-refractivity contribution >= 4 is 34.6 Å². The van der Waals surface area contributed by atoms with Gasteiger partial charge in [0.25, 0.3) is 0 Å². The van der Waals surface area contributed by atoms with Crippen LogP contribution in [0.3, 0.4) is 0 Å². The molecule has 0 unspecified atom stereocenters. The smallest absolute Gasteiger partial charge is 0.228 e. The monoisotopic (exact) mass is 308 g/mol. The predicted molar refractivity (Wildman–Crippen MR) is 87.4 cm³/mol. The number of nitrogens with one attached hydrogen (secondary N) is 2. The first-order chi connectivity index (χ1) is 10.8. The second-order valence-corrected chi connectivity index (χ2v) is 5.73. The molecule has 108 valence electrons. The highest BCUT2D eigenvalue weighted by molar-refractivity contribution is 7.08. The lowest BCUT2D eigenvalue weighted by Gasteiger charge is -2.08. The lowest BCUT2D eigenvalue weighted by atomic mass is 10.1. The van der Waals surface area contributed by atoms with Gasteiger partial charge in [-0.1, -0.05) is 18.2 Å². The molecule has 22 heavy (non-hydrogen) atoms. The van der Waals surface area contributed by atoms with Crippen molar-refractivity contribution in [2.75, 3.05) is 10.6 Å². The number of carbonyl (C=O) groups is 1. The zero-order valence-electron chi connectivity index (χ0n) is 11.5. The average Bonchev–Trinajstić information content (AvgIpc) is 2.93. The molecule has 1 aliphatic rings. The van der Waals surface area contributed by atoms with Crippen molar-refractivity contribution in [3.05, 3.63) is 52.9 Å². The Hall–Kier alpha value is -2.73. The molecule has 0 atom stereocenters. The molecule has 4 rings (SSSR count). The molecule has 3 aromatic rings. The van der Waals surface area contributed by atoms with Crippen LogP contribution in [0, 0.1) is 0 Å². The molecule has 3 heterocycles. The second kappa shape index (κ2) is 5.23. The van der Waals surface area contributed by atoms with Crippen LogP contribution in [0.25, 0.3) is 11.3 Å². The quantitative estimate of drug-likeness (QED) is 0.761. The molecule has 0 aliphatic carbocycles. The second-order valence-electron chi connectivity index (χ2n) is 4.98. The van der Waals surface area contributed by atoms with Crippen molar-refractivity contribution in [2.45, 2.75) is 6.42 Å². The van der Waals surface area contributed by atoms with E-state index in [2.05, 4.69) is 20.6 Å². The lowest BCUT2D eigenvalue weighted by Crippen LogP contribution is -2.12. The van der Waals surface area contributed by atoms with Crippen LogP contribution in [-0.4, -0.2) is 15.9 Å². The molecule has 1 aliphatic heterocycles. The van der Waals surface area contributed by atoms with Crippen LogP contribution in [0.4, 0.5) is 17.3 Å². The summed E-state index contributed by atoms with van der Waals surface area (Å²) in [5.41, 5.74) is 4.34. The first-order valence-corrected chi connectivity index (χ1v) is 7.78. The third-order valence-corrected chi connectivity index (χ3v) is 4.18. The van der Waals surface area contributed by atoms with Gasteiger partial charge in [-0.25, -0.2) is 9.97 Å². The number of para-hydroxylation sites is 1. The van der Waals surface area contributed by atoms with Gasteiger partial charge in [-0.3, -0.25) is 4.79 Å². The summed E-state index contributed by atoms with van der Waals surface area (Å²) in [6.45, 7) is 0. The van der Waals surface area contributed by atoms with E-state index in [0.29, 0.717) is 12.4 Å². The van der Waals surface area contributed by atoms with Crippen molar-refractivity contribution < 1.29 is 4.79 Å². The molecular weight excluding hydrogens is 296 g/mol. The third kappa shape index (κ3) is 2.33. The molecule has 2 aromatic heterocycles. The number of hydrogen-bond acceptors (Lipinski definition) is 5. The van der Waals surface area contributed by atoms with Gasteiger partial charge in [0, 0.05) is 33.8 Å². The number of benzene rings is 1. The minimum Gasteiger partial charge on any atom is -0.324 e.